The van der Waals surface area contributed by atoms with Crippen LogP contribution >= 0.6 is 0 Å². The maximum absolute atomic E-state index is 10.2. The van der Waals surface area contributed by atoms with E-state index in [2.05, 4.69) is 0 Å². The van der Waals surface area contributed by atoms with Gasteiger partial charge in [0.25, 0.3) is 0 Å². The summed E-state index contributed by atoms with van der Waals surface area (Å²) in [4.78, 5) is 0. The van der Waals surface area contributed by atoms with Crippen LogP contribution in [0.1, 0.15) is 27.7 Å². The van der Waals surface area contributed by atoms with E-state index < -0.39 is 0 Å². The molecule has 0 bridgehead atoms. The van der Waals surface area contributed by atoms with Gasteiger partial charge in [-0.1, -0.05) is 27.7 Å². The van der Waals surface area contributed by atoms with Gasteiger partial charge in [0.2, 0.25) is 0 Å². The number of rotatable bonds is 2. The lowest BCUT2D eigenvalue weighted by Crippen LogP contribution is -2.68. The first-order chi connectivity index (χ1) is 4.09. The molecular formula is C7H15NO. The van der Waals surface area contributed by atoms with Crippen molar-refractivity contribution in [3.8, 4) is 0 Å². The molecule has 0 aromatic heterocycles. The van der Waals surface area contributed by atoms with Gasteiger partial charge in [0.1, 0.15) is 0 Å². The van der Waals surface area contributed by atoms with E-state index in [1.165, 1.54) is 0 Å². The molecule has 54 valence electrons. The zero-order valence-corrected chi connectivity index (χ0v) is 6.56. The molecule has 0 fully saturated rings. The third-order valence-corrected chi connectivity index (χ3v) is 1.36. The van der Waals surface area contributed by atoms with Crippen molar-refractivity contribution in [2.75, 3.05) is 0 Å². The van der Waals surface area contributed by atoms with Gasteiger partial charge in [-0.3, -0.25) is 0 Å². The second-order valence-corrected chi connectivity index (χ2v) is 2.87. The molecule has 0 atom stereocenters. The molecule has 0 aromatic carbocycles. The van der Waals surface area contributed by atoms with Crippen molar-refractivity contribution in [1.82, 2.24) is 0 Å². The maximum Gasteiger partial charge on any atom is 0.166 e. The van der Waals surface area contributed by atoms with Crippen molar-refractivity contribution in [3.05, 3.63) is 5.21 Å². The van der Waals surface area contributed by atoms with Gasteiger partial charge < -0.3 is 5.21 Å². The summed E-state index contributed by atoms with van der Waals surface area (Å²) in [7, 11) is 0. The minimum Gasteiger partial charge on any atom is -0.625 e. The summed E-state index contributed by atoms with van der Waals surface area (Å²) in [6, 6.07) is 0. The summed E-state index contributed by atoms with van der Waals surface area (Å²) in [6.45, 7) is 8.06. The Kier molecular flexibility index (Phi) is 3.28. The van der Waals surface area contributed by atoms with Crippen LogP contribution in [0.2, 0.25) is 0 Å². The molecule has 0 heterocycles. The predicted octanol–water partition coefficient (Wildman–Crippen LogP) is 0.318. The summed E-state index contributed by atoms with van der Waals surface area (Å²) < 4.78 is 0. The predicted molar refractivity (Wildman–Crippen MR) is 39.0 cm³/mol. The molecule has 0 saturated heterocycles. The van der Waals surface area contributed by atoms with Crippen molar-refractivity contribution in [2.24, 2.45) is 11.8 Å². The fourth-order valence-electron chi connectivity index (χ4n) is 0.902. The highest BCUT2D eigenvalue weighted by molar-refractivity contribution is 5.82. The third kappa shape index (κ3) is 2.49. The monoisotopic (exact) mass is 129 g/mol. The van der Waals surface area contributed by atoms with Crippen LogP contribution in [-0.4, -0.2) is 5.71 Å². The summed E-state index contributed by atoms with van der Waals surface area (Å²) in [5, 5.41) is 12.2. The smallest absolute Gasteiger partial charge is 0.166 e. The number of hydrogen-bond donors (Lipinski definition) is 1. The highest BCUT2D eigenvalue weighted by Gasteiger charge is 2.13. The van der Waals surface area contributed by atoms with Gasteiger partial charge in [-0.15, -0.1) is 0 Å². The van der Waals surface area contributed by atoms with Crippen LogP contribution in [0, 0.1) is 17.0 Å². The second-order valence-electron chi connectivity index (χ2n) is 2.87. The molecule has 0 aliphatic carbocycles. The lowest BCUT2D eigenvalue weighted by Gasteiger charge is -2.07. The summed E-state index contributed by atoms with van der Waals surface area (Å²) in [5.41, 5.74) is 0.884. The fourth-order valence-corrected chi connectivity index (χ4v) is 0.902. The van der Waals surface area contributed by atoms with Gasteiger partial charge in [0, 0.05) is 11.8 Å². The van der Waals surface area contributed by atoms with Crippen LogP contribution in [0.25, 0.3) is 0 Å². The quantitative estimate of drug-likeness (QED) is 0.325. The van der Waals surface area contributed by atoms with E-state index in [-0.39, 0.29) is 0 Å². The molecule has 0 unspecified atom stereocenters. The van der Waals surface area contributed by atoms with Crippen LogP contribution in [-0.2, 0) is 0 Å². The van der Waals surface area contributed by atoms with E-state index in [0.717, 1.165) is 5.71 Å². The Bertz CT molecular complexity index is 95.5. The Morgan fingerprint density at radius 2 is 1.44 bits per heavy atom. The molecule has 1 N–H and O–H groups in total. The summed E-state index contributed by atoms with van der Waals surface area (Å²) >= 11 is 0. The van der Waals surface area contributed by atoms with E-state index in [9.17, 15) is 5.21 Å². The lowest BCUT2D eigenvalue weighted by atomic mass is 9.98. The molecule has 9 heavy (non-hydrogen) atoms. The standard InChI is InChI=1S/C7H15NO/c1-5(2)7(8-9)6(3)4/h5-6,8H,1-4H3. The van der Waals surface area contributed by atoms with Gasteiger partial charge >= 0.3 is 0 Å². The minimum absolute atomic E-state index is 0.350. The molecule has 0 rings (SSSR count). The molecule has 0 radical (unpaired) electrons. The SMILES string of the molecule is CC(C)C(=[NH+][O-])C(C)C. The average Bonchev–Trinajstić information content (AvgIpc) is 1.64. The first-order valence-corrected chi connectivity index (χ1v) is 3.34. The van der Waals surface area contributed by atoms with Crippen molar-refractivity contribution in [3.63, 3.8) is 0 Å². The molecule has 0 aromatic rings. The first kappa shape index (κ1) is 8.47. The lowest BCUT2D eigenvalue weighted by molar-refractivity contribution is -0.379. The fraction of sp³-hybridized carbons (Fsp3) is 0.857. The van der Waals surface area contributed by atoms with Gasteiger partial charge in [-0.25, -0.2) is 5.16 Å². The van der Waals surface area contributed by atoms with E-state index in [1.807, 2.05) is 32.9 Å². The van der Waals surface area contributed by atoms with Gasteiger partial charge in [0.05, 0.1) is 0 Å². The average molecular weight is 129 g/mol. The molecule has 0 aliphatic rings. The molecule has 0 spiro atoms. The summed E-state index contributed by atoms with van der Waals surface area (Å²) in [5.74, 6) is 0.699. The molecule has 0 aliphatic heterocycles. The van der Waals surface area contributed by atoms with Crippen molar-refractivity contribution in [1.29, 1.82) is 0 Å². The Morgan fingerprint density at radius 1 is 1.11 bits per heavy atom. The number of nitrogens with one attached hydrogen (secondary N) is 1. The molecular weight excluding hydrogens is 114 g/mol. The highest BCUT2D eigenvalue weighted by Crippen LogP contribution is 2.01. The molecule has 0 amide bonds. The van der Waals surface area contributed by atoms with Gasteiger partial charge in [-0.05, 0) is 0 Å². The Balaban J connectivity index is 4.01. The highest BCUT2D eigenvalue weighted by atomic mass is 16.4. The van der Waals surface area contributed by atoms with Crippen LogP contribution in [0.5, 0.6) is 0 Å². The zero-order valence-electron chi connectivity index (χ0n) is 6.56. The number of hydrogen-bond acceptors (Lipinski definition) is 1. The molecule has 2 nitrogen and oxygen atoms in total. The maximum atomic E-state index is 10.2. The van der Waals surface area contributed by atoms with E-state index in [1.54, 1.807) is 0 Å². The normalized spacial score (nSPS) is 10.4. The van der Waals surface area contributed by atoms with Crippen molar-refractivity contribution >= 4 is 5.71 Å². The molecule has 0 saturated carbocycles. The van der Waals surface area contributed by atoms with Gasteiger partial charge in [-0.2, -0.15) is 0 Å². The van der Waals surface area contributed by atoms with Crippen LogP contribution < -0.4 is 5.16 Å². The van der Waals surface area contributed by atoms with Crippen LogP contribution in [0.15, 0.2) is 0 Å². The second kappa shape index (κ2) is 3.49. The van der Waals surface area contributed by atoms with Crippen LogP contribution in [0.3, 0.4) is 0 Å². The first-order valence-electron chi connectivity index (χ1n) is 3.34. The molecule has 2 heteroatoms. The zero-order chi connectivity index (χ0) is 7.44. The van der Waals surface area contributed by atoms with E-state index >= 15 is 0 Å². The summed E-state index contributed by atoms with van der Waals surface area (Å²) in [6.07, 6.45) is 0. The Hall–Kier alpha value is -0.530. The Morgan fingerprint density at radius 3 is 1.44 bits per heavy atom. The largest absolute Gasteiger partial charge is 0.625 e. The van der Waals surface area contributed by atoms with E-state index in [4.69, 9.17) is 0 Å². The third-order valence-electron chi connectivity index (χ3n) is 1.36. The van der Waals surface area contributed by atoms with Gasteiger partial charge in [0.15, 0.2) is 5.71 Å². The Labute approximate surface area is 56.6 Å². The van der Waals surface area contributed by atoms with E-state index in [0.29, 0.717) is 11.8 Å². The minimum atomic E-state index is 0.350. The topological polar surface area (TPSA) is 37.0 Å². The van der Waals surface area contributed by atoms with Crippen molar-refractivity contribution < 1.29 is 5.16 Å². The van der Waals surface area contributed by atoms with Crippen LogP contribution in [0.4, 0.5) is 0 Å². The van der Waals surface area contributed by atoms with Crippen molar-refractivity contribution in [2.45, 2.75) is 27.7 Å².